The van der Waals surface area contributed by atoms with E-state index in [9.17, 15) is 9.59 Å². The third kappa shape index (κ3) is 4.80. The molecular weight excluding hydrogens is 398 g/mol. The Kier molecular flexibility index (Phi) is 6.62. The molecule has 2 aliphatic rings. The Bertz CT molecular complexity index is 877. The molecule has 1 N–H and O–H groups in total. The Balaban J connectivity index is 1.29. The Morgan fingerprint density at radius 2 is 2.07 bits per heavy atom. The normalized spacial score (nSPS) is 18.8. The van der Waals surface area contributed by atoms with Gasteiger partial charge in [-0.25, -0.2) is 4.98 Å². The number of thiazole rings is 1. The first kappa shape index (κ1) is 20.8. The summed E-state index contributed by atoms with van der Waals surface area (Å²) in [6.07, 6.45) is 5.58. The van der Waals surface area contributed by atoms with Crippen LogP contribution in [-0.2, 0) is 28.9 Å². The molecule has 4 rings (SSSR count). The number of hydrogen-bond donors (Lipinski definition) is 1. The number of rotatable bonds is 6. The van der Waals surface area contributed by atoms with Crippen molar-refractivity contribution in [1.82, 2.24) is 20.2 Å². The highest BCUT2D eigenvalue weighted by molar-refractivity contribution is 7.15. The summed E-state index contributed by atoms with van der Waals surface area (Å²) in [4.78, 5) is 39.1. The Morgan fingerprint density at radius 1 is 1.23 bits per heavy atom. The summed E-state index contributed by atoms with van der Waals surface area (Å²) >= 11 is 1.72. The Hall–Kier alpha value is -2.48. The monoisotopic (exact) mass is 427 g/mol. The number of fused-ring (bicyclic) bond motifs is 1. The highest BCUT2D eigenvalue weighted by atomic mass is 32.1. The number of amides is 2. The number of aryl methyl sites for hydroxylation is 1. The molecule has 160 valence electrons. The van der Waals surface area contributed by atoms with Gasteiger partial charge in [-0.2, -0.15) is 0 Å². The van der Waals surface area contributed by atoms with Gasteiger partial charge >= 0.3 is 0 Å². The molecule has 0 bridgehead atoms. The summed E-state index contributed by atoms with van der Waals surface area (Å²) in [6.45, 7) is 5.71. The van der Waals surface area contributed by atoms with Crippen molar-refractivity contribution in [3.05, 3.63) is 40.7 Å². The van der Waals surface area contributed by atoms with Gasteiger partial charge in [0, 0.05) is 68.3 Å². The summed E-state index contributed by atoms with van der Waals surface area (Å²) < 4.78 is 0. The first-order valence-electron chi connectivity index (χ1n) is 10.8. The van der Waals surface area contributed by atoms with E-state index in [4.69, 9.17) is 4.98 Å². The fourth-order valence-corrected chi connectivity index (χ4v) is 5.33. The van der Waals surface area contributed by atoms with Crippen LogP contribution in [0.2, 0.25) is 0 Å². The fraction of sp³-hybridized carbons (Fsp3) is 0.545. The molecule has 3 heterocycles. The van der Waals surface area contributed by atoms with Crippen LogP contribution in [0.15, 0.2) is 24.4 Å². The lowest BCUT2D eigenvalue weighted by Gasteiger charge is -2.34. The van der Waals surface area contributed by atoms with Gasteiger partial charge in [0.2, 0.25) is 11.8 Å². The maximum absolute atomic E-state index is 12.6. The average molecular weight is 428 g/mol. The maximum Gasteiger partial charge on any atom is 0.223 e. The van der Waals surface area contributed by atoms with Gasteiger partial charge in [-0.3, -0.25) is 14.6 Å². The van der Waals surface area contributed by atoms with Gasteiger partial charge in [0.1, 0.15) is 0 Å². The predicted octanol–water partition coefficient (Wildman–Crippen LogP) is 2.06. The Morgan fingerprint density at radius 3 is 2.80 bits per heavy atom. The van der Waals surface area contributed by atoms with Crippen molar-refractivity contribution >= 4 is 28.3 Å². The second kappa shape index (κ2) is 9.55. The van der Waals surface area contributed by atoms with Crippen molar-refractivity contribution in [2.45, 2.75) is 39.0 Å². The van der Waals surface area contributed by atoms with Gasteiger partial charge in [0.25, 0.3) is 0 Å². The average Bonchev–Trinajstić information content (AvgIpc) is 3.22. The van der Waals surface area contributed by atoms with Crippen LogP contribution in [0, 0.1) is 5.92 Å². The molecule has 2 aromatic rings. The minimum atomic E-state index is 0.0218. The highest BCUT2D eigenvalue weighted by Crippen LogP contribution is 2.34. The molecule has 30 heavy (non-hydrogen) atoms. The van der Waals surface area contributed by atoms with Crippen molar-refractivity contribution in [1.29, 1.82) is 0 Å². The standard InChI is InChI=1S/C22H29N5O2S/c1-2-20(28)26-11-13-27(14-12-26)22-25-18-7-6-16(15-19(18)30-22)21(29)24-10-8-17-5-3-4-9-23-17/h3-5,9,16H,2,6-8,10-15H2,1H3,(H,24,29)/t16-/m0/s1. The molecular formula is C22H29N5O2S. The number of aromatic nitrogens is 2. The second-order valence-corrected chi connectivity index (χ2v) is 8.95. The van der Waals surface area contributed by atoms with Crippen molar-refractivity contribution in [2.24, 2.45) is 5.92 Å². The predicted molar refractivity (Wildman–Crippen MR) is 118 cm³/mol. The summed E-state index contributed by atoms with van der Waals surface area (Å²) in [5, 5.41) is 4.12. The molecule has 0 spiro atoms. The number of pyridine rings is 1. The lowest BCUT2D eigenvalue weighted by molar-refractivity contribution is -0.131. The van der Waals surface area contributed by atoms with E-state index in [-0.39, 0.29) is 17.7 Å². The van der Waals surface area contributed by atoms with E-state index >= 15 is 0 Å². The van der Waals surface area contributed by atoms with Crippen LogP contribution in [0.1, 0.15) is 36.0 Å². The van der Waals surface area contributed by atoms with E-state index in [0.717, 1.165) is 68.4 Å². The summed E-state index contributed by atoms with van der Waals surface area (Å²) in [7, 11) is 0. The second-order valence-electron chi connectivity index (χ2n) is 7.89. The SMILES string of the molecule is CCC(=O)N1CCN(c2nc3c(s2)C[C@@H](C(=O)NCCc2ccccn2)CC3)CC1. The number of carbonyl (C=O) groups excluding carboxylic acids is 2. The Labute approximate surface area is 181 Å². The molecule has 1 atom stereocenters. The smallest absolute Gasteiger partial charge is 0.223 e. The quantitative estimate of drug-likeness (QED) is 0.764. The molecule has 2 aromatic heterocycles. The molecule has 0 radical (unpaired) electrons. The third-order valence-corrected chi connectivity index (χ3v) is 7.09. The van der Waals surface area contributed by atoms with E-state index in [2.05, 4.69) is 15.2 Å². The van der Waals surface area contributed by atoms with Crippen LogP contribution in [0.25, 0.3) is 0 Å². The van der Waals surface area contributed by atoms with Crippen molar-refractivity contribution in [3.63, 3.8) is 0 Å². The largest absolute Gasteiger partial charge is 0.355 e. The zero-order chi connectivity index (χ0) is 20.9. The van der Waals surface area contributed by atoms with Crippen molar-refractivity contribution < 1.29 is 9.59 Å². The van der Waals surface area contributed by atoms with E-state index in [1.165, 1.54) is 4.88 Å². The molecule has 2 amide bonds. The number of carbonyl (C=O) groups is 2. The minimum absolute atomic E-state index is 0.0218. The number of nitrogens with one attached hydrogen (secondary N) is 1. The van der Waals surface area contributed by atoms with Gasteiger partial charge in [0.05, 0.1) is 5.69 Å². The molecule has 1 aliphatic carbocycles. The van der Waals surface area contributed by atoms with Gasteiger partial charge < -0.3 is 15.1 Å². The summed E-state index contributed by atoms with van der Waals surface area (Å²) in [5.41, 5.74) is 2.15. The van der Waals surface area contributed by atoms with Crippen molar-refractivity contribution in [2.75, 3.05) is 37.6 Å². The molecule has 1 aliphatic heterocycles. The van der Waals surface area contributed by atoms with Crippen LogP contribution in [0.4, 0.5) is 5.13 Å². The summed E-state index contributed by atoms with van der Waals surface area (Å²) in [5.74, 6) is 0.386. The van der Waals surface area contributed by atoms with Crippen LogP contribution < -0.4 is 10.2 Å². The van der Waals surface area contributed by atoms with Gasteiger partial charge in [-0.1, -0.05) is 13.0 Å². The first-order valence-corrected chi connectivity index (χ1v) is 11.6. The topological polar surface area (TPSA) is 78.4 Å². The van der Waals surface area contributed by atoms with Gasteiger partial charge in [0.15, 0.2) is 5.13 Å². The van der Waals surface area contributed by atoms with E-state index < -0.39 is 0 Å². The third-order valence-electron chi connectivity index (χ3n) is 5.91. The molecule has 0 unspecified atom stereocenters. The number of piperazine rings is 1. The molecule has 7 nitrogen and oxygen atoms in total. The molecule has 0 saturated carbocycles. The molecule has 1 fully saturated rings. The number of nitrogens with zero attached hydrogens (tertiary/aromatic N) is 4. The lowest BCUT2D eigenvalue weighted by Crippen LogP contribution is -2.48. The molecule has 0 aromatic carbocycles. The molecule has 1 saturated heterocycles. The number of anilines is 1. The van der Waals surface area contributed by atoms with Gasteiger partial charge in [-0.05, 0) is 31.4 Å². The first-order chi connectivity index (χ1) is 14.6. The van der Waals surface area contributed by atoms with Crippen LogP contribution >= 0.6 is 11.3 Å². The zero-order valence-electron chi connectivity index (χ0n) is 17.5. The van der Waals surface area contributed by atoms with E-state index in [1.54, 1.807) is 17.5 Å². The van der Waals surface area contributed by atoms with E-state index in [1.807, 2.05) is 30.0 Å². The minimum Gasteiger partial charge on any atom is -0.355 e. The van der Waals surface area contributed by atoms with Crippen LogP contribution in [0.5, 0.6) is 0 Å². The zero-order valence-corrected chi connectivity index (χ0v) is 18.3. The van der Waals surface area contributed by atoms with Crippen molar-refractivity contribution in [3.8, 4) is 0 Å². The van der Waals surface area contributed by atoms with E-state index in [0.29, 0.717) is 13.0 Å². The van der Waals surface area contributed by atoms with Crippen LogP contribution in [-0.4, -0.2) is 59.4 Å². The number of hydrogen-bond acceptors (Lipinski definition) is 6. The molecule has 8 heteroatoms. The summed E-state index contributed by atoms with van der Waals surface area (Å²) in [6, 6.07) is 5.85. The lowest BCUT2D eigenvalue weighted by atomic mass is 9.90. The van der Waals surface area contributed by atoms with Gasteiger partial charge in [-0.15, -0.1) is 11.3 Å². The highest BCUT2D eigenvalue weighted by Gasteiger charge is 2.29. The van der Waals surface area contributed by atoms with Crippen LogP contribution in [0.3, 0.4) is 0 Å². The fourth-order valence-electron chi connectivity index (χ4n) is 4.10. The maximum atomic E-state index is 12.6.